The van der Waals surface area contributed by atoms with Crippen LogP contribution >= 0.6 is 15.9 Å². The van der Waals surface area contributed by atoms with Gasteiger partial charge in [0.15, 0.2) is 0 Å². The molecule has 3 amide bonds. The van der Waals surface area contributed by atoms with Gasteiger partial charge in [-0.05, 0) is 48.0 Å². The molecule has 0 aliphatic carbocycles. The average molecular weight is 453 g/mol. The maximum atomic E-state index is 12.8. The molecule has 1 aliphatic rings. The van der Waals surface area contributed by atoms with Crippen LogP contribution in [0.5, 0.6) is 0 Å². The van der Waals surface area contributed by atoms with Crippen LogP contribution in [0.1, 0.15) is 42.4 Å². The van der Waals surface area contributed by atoms with Gasteiger partial charge in [-0.3, -0.25) is 19.3 Å². The van der Waals surface area contributed by atoms with E-state index in [0.717, 1.165) is 14.9 Å². The van der Waals surface area contributed by atoms with Crippen LogP contribution in [-0.2, 0) is 13.1 Å². The topological polar surface area (TPSA) is 70.8 Å². The standard InChI is InChI=1S/C22H17BrN2O4/c1-24(12-14-4-7-16(23)8-5-14)20(26)15-6-9-18-19(11-15)22(28)25(21(18)27)13-17-3-2-10-29-17/h2-11H,12-13H2,1H3. The van der Waals surface area contributed by atoms with Gasteiger partial charge in [-0.1, -0.05) is 28.1 Å². The highest BCUT2D eigenvalue weighted by Crippen LogP contribution is 2.26. The molecule has 1 aliphatic heterocycles. The number of rotatable bonds is 5. The number of imide groups is 1. The molecular weight excluding hydrogens is 436 g/mol. The summed E-state index contributed by atoms with van der Waals surface area (Å²) in [6, 6.07) is 15.7. The number of hydrogen-bond acceptors (Lipinski definition) is 4. The van der Waals surface area contributed by atoms with Crippen molar-refractivity contribution in [2.45, 2.75) is 13.1 Å². The summed E-state index contributed by atoms with van der Waals surface area (Å²) in [5.74, 6) is -0.513. The number of fused-ring (bicyclic) bond motifs is 1. The van der Waals surface area contributed by atoms with Crippen molar-refractivity contribution in [3.8, 4) is 0 Å². The molecule has 4 rings (SSSR count). The molecule has 0 radical (unpaired) electrons. The van der Waals surface area contributed by atoms with Gasteiger partial charge in [0.2, 0.25) is 0 Å². The second kappa shape index (κ2) is 7.67. The Kier molecular flexibility index (Phi) is 5.07. The smallest absolute Gasteiger partial charge is 0.261 e. The predicted molar refractivity (Wildman–Crippen MR) is 109 cm³/mol. The van der Waals surface area contributed by atoms with Gasteiger partial charge in [-0.25, -0.2) is 0 Å². The van der Waals surface area contributed by atoms with Crippen molar-refractivity contribution < 1.29 is 18.8 Å². The third-order valence-electron chi connectivity index (χ3n) is 4.79. The molecule has 2 aromatic carbocycles. The molecular formula is C22H17BrN2O4. The van der Waals surface area contributed by atoms with Crippen molar-refractivity contribution >= 4 is 33.7 Å². The highest BCUT2D eigenvalue weighted by Gasteiger charge is 2.36. The Labute approximate surface area is 175 Å². The van der Waals surface area contributed by atoms with Crippen LogP contribution in [0.3, 0.4) is 0 Å². The zero-order chi connectivity index (χ0) is 20.5. The van der Waals surface area contributed by atoms with E-state index in [1.807, 2.05) is 24.3 Å². The number of hydrogen-bond donors (Lipinski definition) is 0. The van der Waals surface area contributed by atoms with Crippen LogP contribution < -0.4 is 0 Å². The van der Waals surface area contributed by atoms with Crippen LogP contribution in [0.25, 0.3) is 0 Å². The first-order valence-corrected chi connectivity index (χ1v) is 9.76. The van der Waals surface area contributed by atoms with E-state index >= 15 is 0 Å². The van der Waals surface area contributed by atoms with Gasteiger partial charge in [0, 0.05) is 23.6 Å². The predicted octanol–water partition coefficient (Wildman–Crippen LogP) is 4.11. The molecule has 6 nitrogen and oxygen atoms in total. The zero-order valence-electron chi connectivity index (χ0n) is 15.6. The molecule has 1 aromatic heterocycles. The second-order valence-electron chi connectivity index (χ2n) is 6.82. The van der Waals surface area contributed by atoms with Gasteiger partial charge < -0.3 is 9.32 Å². The average Bonchev–Trinajstić information content (AvgIpc) is 3.32. The number of nitrogens with zero attached hydrogens (tertiary/aromatic N) is 2. The lowest BCUT2D eigenvalue weighted by molar-refractivity contribution is 0.0631. The largest absolute Gasteiger partial charge is 0.467 e. The van der Waals surface area contributed by atoms with Crippen molar-refractivity contribution in [2.24, 2.45) is 0 Å². The van der Waals surface area contributed by atoms with Crippen molar-refractivity contribution in [2.75, 3.05) is 7.05 Å². The molecule has 0 fully saturated rings. The number of carbonyl (C=O) groups is 3. The maximum Gasteiger partial charge on any atom is 0.261 e. The Morgan fingerprint density at radius 2 is 1.76 bits per heavy atom. The number of benzene rings is 2. The van der Waals surface area contributed by atoms with Crippen molar-refractivity contribution in [3.05, 3.63) is 93.3 Å². The molecule has 2 heterocycles. The van der Waals surface area contributed by atoms with E-state index in [9.17, 15) is 14.4 Å². The van der Waals surface area contributed by atoms with Crippen LogP contribution in [-0.4, -0.2) is 34.6 Å². The quantitative estimate of drug-likeness (QED) is 0.546. The number of amides is 3. The minimum absolute atomic E-state index is 0.0616. The summed E-state index contributed by atoms with van der Waals surface area (Å²) in [4.78, 5) is 40.9. The van der Waals surface area contributed by atoms with Crippen molar-refractivity contribution in [1.29, 1.82) is 0 Å². The van der Waals surface area contributed by atoms with Crippen molar-refractivity contribution in [3.63, 3.8) is 0 Å². The molecule has 3 aromatic rings. The molecule has 0 saturated carbocycles. The highest BCUT2D eigenvalue weighted by molar-refractivity contribution is 9.10. The lowest BCUT2D eigenvalue weighted by Crippen LogP contribution is -2.29. The van der Waals surface area contributed by atoms with Gasteiger partial charge in [0.05, 0.1) is 23.9 Å². The third-order valence-corrected chi connectivity index (χ3v) is 5.32. The van der Waals surface area contributed by atoms with E-state index in [1.54, 1.807) is 36.2 Å². The summed E-state index contributed by atoms with van der Waals surface area (Å²) in [7, 11) is 1.70. The Balaban J connectivity index is 1.53. The van der Waals surface area contributed by atoms with E-state index in [1.165, 1.54) is 12.3 Å². The first kappa shape index (κ1) is 19.1. The molecule has 0 atom stereocenters. The van der Waals surface area contributed by atoms with Crippen LogP contribution in [0.4, 0.5) is 0 Å². The fourth-order valence-corrected chi connectivity index (χ4v) is 3.55. The van der Waals surface area contributed by atoms with Crippen LogP contribution in [0.15, 0.2) is 69.8 Å². The Bertz CT molecular complexity index is 1090. The molecule has 146 valence electrons. The van der Waals surface area contributed by atoms with E-state index in [4.69, 9.17) is 4.42 Å². The van der Waals surface area contributed by atoms with E-state index in [0.29, 0.717) is 23.4 Å². The lowest BCUT2D eigenvalue weighted by atomic mass is 10.0. The summed E-state index contributed by atoms with van der Waals surface area (Å²) >= 11 is 3.39. The first-order chi connectivity index (χ1) is 13.9. The van der Waals surface area contributed by atoms with E-state index in [-0.39, 0.29) is 23.9 Å². The minimum atomic E-state index is -0.424. The number of halogens is 1. The number of carbonyl (C=O) groups excluding carboxylic acids is 3. The summed E-state index contributed by atoms with van der Waals surface area (Å²) in [5, 5.41) is 0. The summed E-state index contributed by atoms with van der Waals surface area (Å²) in [6.45, 7) is 0.493. The summed E-state index contributed by atoms with van der Waals surface area (Å²) in [5.41, 5.74) is 1.89. The maximum absolute atomic E-state index is 12.8. The van der Waals surface area contributed by atoms with Crippen LogP contribution in [0, 0.1) is 0 Å². The summed E-state index contributed by atoms with van der Waals surface area (Å²) in [6.07, 6.45) is 1.49. The molecule has 7 heteroatoms. The number of furan rings is 1. The van der Waals surface area contributed by atoms with E-state index < -0.39 is 5.91 Å². The molecule has 0 bridgehead atoms. The van der Waals surface area contributed by atoms with Gasteiger partial charge in [0.1, 0.15) is 5.76 Å². The Morgan fingerprint density at radius 3 is 2.45 bits per heavy atom. The molecule has 0 spiro atoms. The fraction of sp³-hybridized carbons (Fsp3) is 0.136. The van der Waals surface area contributed by atoms with Gasteiger partial charge in [0.25, 0.3) is 17.7 Å². The molecule has 0 unspecified atom stereocenters. The van der Waals surface area contributed by atoms with Crippen molar-refractivity contribution in [1.82, 2.24) is 9.80 Å². The first-order valence-electron chi connectivity index (χ1n) is 8.96. The molecule has 29 heavy (non-hydrogen) atoms. The van der Waals surface area contributed by atoms with Gasteiger partial charge in [-0.2, -0.15) is 0 Å². The normalized spacial score (nSPS) is 13.0. The lowest BCUT2D eigenvalue weighted by Gasteiger charge is -2.17. The van der Waals surface area contributed by atoms with Gasteiger partial charge in [-0.15, -0.1) is 0 Å². The van der Waals surface area contributed by atoms with Crippen LogP contribution in [0.2, 0.25) is 0 Å². The highest BCUT2D eigenvalue weighted by atomic mass is 79.9. The monoisotopic (exact) mass is 452 g/mol. The Morgan fingerprint density at radius 1 is 1.03 bits per heavy atom. The zero-order valence-corrected chi connectivity index (χ0v) is 17.2. The molecule has 0 saturated heterocycles. The van der Waals surface area contributed by atoms with Gasteiger partial charge >= 0.3 is 0 Å². The van der Waals surface area contributed by atoms with E-state index in [2.05, 4.69) is 15.9 Å². The minimum Gasteiger partial charge on any atom is -0.467 e. The summed E-state index contributed by atoms with van der Waals surface area (Å²) < 4.78 is 6.21. The SMILES string of the molecule is CN(Cc1ccc(Br)cc1)C(=O)c1ccc2c(c1)C(=O)N(Cc1ccco1)C2=O. The molecule has 0 N–H and O–H groups in total. The second-order valence-corrected chi connectivity index (χ2v) is 7.74. The fourth-order valence-electron chi connectivity index (χ4n) is 3.28. The third kappa shape index (κ3) is 3.73. The Hall–Kier alpha value is -3.19.